The van der Waals surface area contributed by atoms with Gasteiger partial charge >= 0.3 is 5.25 Å². The van der Waals surface area contributed by atoms with Crippen LogP contribution in [0.1, 0.15) is 11.7 Å². The second-order valence-electron chi connectivity index (χ2n) is 4.70. The topological polar surface area (TPSA) is 76.5 Å². The first-order valence-electron chi connectivity index (χ1n) is 6.07. The number of aliphatic hydroxyl groups is 1. The Morgan fingerprint density at radius 3 is 2.65 bits per heavy atom. The molecule has 0 radical (unpaired) electrons. The molecule has 1 aromatic heterocycles. The number of alkyl halides is 2. The first-order chi connectivity index (χ1) is 10.7. The summed E-state index contributed by atoms with van der Waals surface area (Å²) in [7, 11) is -4.99. The van der Waals surface area contributed by atoms with Gasteiger partial charge in [0.1, 0.15) is 17.3 Å². The van der Waals surface area contributed by atoms with Gasteiger partial charge in [0.25, 0.3) is 0 Å². The van der Waals surface area contributed by atoms with Crippen LogP contribution in [0.25, 0.3) is 0 Å². The fourth-order valence-corrected chi connectivity index (χ4v) is 4.39. The number of aliphatic hydroxyl groups excluding tert-OH is 1. The van der Waals surface area contributed by atoms with Crippen LogP contribution in [0.3, 0.4) is 0 Å². The molecule has 0 saturated heterocycles. The molecule has 3 rings (SSSR count). The number of hydrogen-bond acceptors (Lipinski definition) is 5. The Balaban J connectivity index is 2.11. The van der Waals surface area contributed by atoms with Crippen molar-refractivity contribution in [2.75, 3.05) is 0 Å². The minimum Gasteiger partial charge on any atom is -0.454 e. The first kappa shape index (κ1) is 16.2. The highest BCUT2D eigenvalue weighted by Crippen LogP contribution is 2.53. The summed E-state index contributed by atoms with van der Waals surface area (Å²) in [6.07, 6.45) is -0.405. The minimum atomic E-state index is -4.99. The van der Waals surface area contributed by atoms with E-state index in [4.69, 9.17) is 4.74 Å². The first-order valence-corrected chi connectivity index (χ1v) is 8.35. The monoisotopic (exact) mass is 409 g/mol. The molecule has 0 aliphatic carbocycles. The Hall–Kier alpha value is -1.65. The second-order valence-corrected chi connectivity index (χ2v) is 7.48. The number of rotatable bonds is 2. The molecule has 0 spiro atoms. The number of sulfone groups is 1. The standard InChI is InChI=1S/C13H7BrF3NO4S/c14-11-8(22-7-3-6(15)4-18-5-7)1-2-9-10(11)12(19)13(16,17)23(9,20)21/h1-5,12,19H. The lowest BCUT2D eigenvalue weighted by Gasteiger charge is -2.14. The van der Waals surface area contributed by atoms with Gasteiger partial charge in [-0.2, -0.15) is 8.78 Å². The van der Waals surface area contributed by atoms with E-state index in [2.05, 4.69) is 20.9 Å². The molecule has 1 aliphatic heterocycles. The maximum absolute atomic E-state index is 13.7. The van der Waals surface area contributed by atoms with Gasteiger partial charge in [-0.15, -0.1) is 0 Å². The van der Waals surface area contributed by atoms with Crippen LogP contribution in [0.5, 0.6) is 11.5 Å². The van der Waals surface area contributed by atoms with Crippen LogP contribution >= 0.6 is 15.9 Å². The van der Waals surface area contributed by atoms with Crippen LogP contribution in [0, 0.1) is 5.82 Å². The Bertz CT molecular complexity index is 904. The summed E-state index contributed by atoms with van der Waals surface area (Å²) >= 11 is 2.96. The van der Waals surface area contributed by atoms with Gasteiger partial charge in [-0.3, -0.25) is 4.98 Å². The van der Waals surface area contributed by atoms with Crippen molar-refractivity contribution in [3.63, 3.8) is 0 Å². The predicted octanol–water partition coefficient (Wildman–Crippen LogP) is 3.19. The van der Waals surface area contributed by atoms with Crippen LogP contribution < -0.4 is 4.74 Å². The number of pyridine rings is 1. The SMILES string of the molecule is O=S1(=O)c2ccc(Oc3cncc(F)c3)c(Br)c2C(O)C1(F)F. The summed E-state index contributed by atoms with van der Waals surface area (Å²) in [5, 5.41) is 5.34. The molecule has 1 atom stereocenters. The summed E-state index contributed by atoms with van der Waals surface area (Å²) in [5.41, 5.74) is -0.503. The third kappa shape index (κ3) is 2.32. The highest BCUT2D eigenvalue weighted by Gasteiger charge is 2.61. The van der Waals surface area contributed by atoms with Crippen molar-refractivity contribution in [1.82, 2.24) is 4.98 Å². The van der Waals surface area contributed by atoms with Gasteiger partial charge in [-0.25, -0.2) is 12.8 Å². The Morgan fingerprint density at radius 1 is 1.30 bits per heavy atom. The average molecular weight is 410 g/mol. The third-order valence-electron chi connectivity index (χ3n) is 3.25. The number of hydrogen-bond donors (Lipinski definition) is 1. The zero-order valence-corrected chi connectivity index (χ0v) is 13.4. The highest BCUT2D eigenvalue weighted by molar-refractivity contribution is 9.10. The van der Waals surface area contributed by atoms with E-state index in [9.17, 15) is 26.7 Å². The van der Waals surface area contributed by atoms with Gasteiger partial charge in [0, 0.05) is 11.6 Å². The Labute approximate surface area is 136 Å². The quantitative estimate of drug-likeness (QED) is 0.823. The van der Waals surface area contributed by atoms with Crippen LogP contribution in [0.2, 0.25) is 0 Å². The van der Waals surface area contributed by atoms with Gasteiger partial charge in [0.2, 0.25) is 9.84 Å². The molecule has 0 amide bonds. The van der Waals surface area contributed by atoms with Crippen LogP contribution in [-0.4, -0.2) is 23.8 Å². The number of benzene rings is 1. The van der Waals surface area contributed by atoms with Crippen molar-refractivity contribution in [3.8, 4) is 11.5 Å². The number of fused-ring (bicyclic) bond motifs is 1. The fraction of sp³-hybridized carbons (Fsp3) is 0.154. The summed E-state index contributed by atoms with van der Waals surface area (Å²) in [5.74, 6) is -0.759. The molecule has 23 heavy (non-hydrogen) atoms. The molecular formula is C13H7BrF3NO4S. The Kier molecular flexibility index (Phi) is 3.65. The van der Waals surface area contributed by atoms with Crippen molar-refractivity contribution in [3.05, 3.63) is 46.4 Å². The number of nitrogens with zero attached hydrogens (tertiary/aromatic N) is 1. The number of aromatic nitrogens is 1. The van der Waals surface area contributed by atoms with E-state index in [0.29, 0.717) is 0 Å². The third-order valence-corrected chi connectivity index (χ3v) is 5.94. The average Bonchev–Trinajstić information content (AvgIpc) is 2.60. The lowest BCUT2D eigenvalue weighted by molar-refractivity contribution is -0.0379. The van der Waals surface area contributed by atoms with Crippen molar-refractivity contribution in [2.24, 2.45) is 0 Å². The van der Waals surface area contributed by atoms with E-state index in [0.717, 1.165) is 24.4 Å². The van der Waals surface area contributed by atoms with E-state index < -0.39 is 37.5 Å². The molecule has 122 valence electrons. The molecule has 1 aromatic carbocycles. The lowest BCUT2D eigenvalue weighted by atomic mass is 10.1. The predicted molar refractivity (Wildman–Crippen MR) is 75.5 cm³/mol. The molecule has 0 saturated carbocycles. The molecule has 0 bridgehead atoms. The van der Waals surface area contributed by atoms with Crippen molar-refractivity contribution >= 4 is 25.8 Å². The normalized spacial score (nSPS) is 21.0. The van der Waals surface area contributed by atoms with Crippen LogP contribution in [-0.2, 0) is 9.84 Å². The van der Waals surface area contributed by atoms with Crippen LogP contribution in [0.4, 0.5) is 13.2 Å². The largest absolute Gasteiger partial charge is 0.454 e. The van der Waals surface area contributed by atoms with E-state index in [1.165, 1.54) is 6.20 Å². The maximum atomic E-state index is 13.7. The molecule has 1 N–H and O–H groups in total. The van der Waals surface area contributed by atoms with Gasteiger partial charge in [-0.1, -0.05) is 0 Å². The molecule has 10 heteroatoms. The molecular weight excluding hydrogens is 403 g/mol. The molecule has 2 heterocycles. The minimum absolute atomic E-state index is 0.0206. The van der Waals surface area contributed by atoms with Gasteiger partial charge < -0.3 is 9.84 Å². The van der Waals surface area contributed by atoms with Crippen molar-refractivity contribution in [1.29, 1.82) is 0 Å². The smallest absolute Gasteiger partial charge is 0.379 e. The molecule has 0 fully saturated rings. The van der Waals surface area contributed by atoms with Gasteiger partial charge in [-0.05, 0) is 28.1 Å². The van der Waals surface area contributed by atoms with E-state index in [1.54, 1.807) is 0 Å². The molecule has 1 unspecified atom stereocenters. The molecule has 1 aliphatic rings. The van der Waals surface area contributed by atoms with Crippen LogP contribution in [0.15, 0.2) is 40.0 Å². The molecule has 2 aromatic rings. The number of halogens is 4. The van der Waals surface area contributed by atoms with Gasteiger partial charge in [0.05, 0.1) is 21.8 Å². The second kappa shape index (κ2) is 5.18. The van der Waals surface area contributed by atoms with E-state index in [1.807, 2.05) is 0 Å². The summed E-state index contributed by atoms with van der Waals surface area (Å²) in [6, 6.07) is 3.04. The zero-order valence-electron chi connectivity index (χ0n) is 11.0. The van der Waals surface area contributed by atoms with Crippen molar-refractivity contribution < 1.29 is 31.4 Å². The zero-order chi connectivity index (χ0) is 17.0. The lowest BCUT2D eigenvalue weighted by Crippen LogP contribution is -2.28. The highest BCUT2D eigenvalue weighted by atomic mass is 79.9. The van der Waals surface area contributed by atoms with E-state index in [-0.39, 0.29) is 16.0 Å². The Morgan fingerprint density at radius 2 is 2.00 bits per heavy atom. The van der Waals surface area contributed by atoms with E-state index >= 15 is 0 Å². The fourth-order valence-electron chi connectivity index (χ4n) is 2.16. The van der Waals surface area contributed by atoms with Crippen molar-refractivity contribution in [2.45, 2.75) is 16.3 Å². The summed E-state index contributed by atoms with van der Waals surface area (Å²) in [4.78, 5) is 2.87. The summed E-state index contributed by atoms with van der Waals surface area (Å²) < 4.78 is 69.2. The number of ether oxygens (including phenoxy) is 1. The summed E-state index contributed by atoms with van der Waals surface area (Å²) in [6.45, 7) is 0. The maximum Gasteiger partial charge on any atom is 0.379 e. The molecule has 5 nitrogen and oxygen atoms in total. The van der Waals surface area contributed by atoms with Gasteiger partial charge in [0.15, 0.2) is 6.10 Å².